The lowest BCUT2D eigenvalue weighted by molar-refractivity contribution is 0.1000. The smallest absolute Gasteiger partial charge is 0.249 e. The van der Waals surface area contributed by atoms with Gasteiger partial charge in [-0.1, -0.05) is 35.4 Å². The fourth-order valence-corrected chi connectivity index (χ4v) is 2.64. The minimum absolute atomic E-state index is 0.158. The normalized spacial score (nSPS) is 12.0. The second kappa shape index (κ2) is 6.00. The lowest BCUT2D eigenvalue weighted by atomic mass is 10.0. The predicted octanol–water partition coefficient (Wildman–Crippen LogP) is 3.88. The van der Waals surface area contributed by atoms with Crippen LogP contribution < -0.4 is 11.1 Å². The summed E-state index contributed by atoms with van der Waals surface area (Å²) in [4.78, 5) is 11.4. The number of benzene rings is 2. The highest BCUT2D eigenvalue weighted by Crippen LogP contribution is 2.25. The summed E-state index contributed by atoms with van der Waals surface area (Å²) >= 11 is 0. The zero-order chi connectivity index (χ0) is 15.6. The zero-order valence-electron chi connectivity index (χ0n) is 13.0. The second-order valence-corrected chi connectivity index (χ2v) is 5.63. The van der Waals surface area contributed by atoms with Crippen LogP contribution in [0.2, 0.25) is 0 Å². The number of hydrogen-bond acceptors (Lipinski definition) is 2. The van der Waals surface area contributed by atoms with E-state index in [9.17, 15) is 4.79 Å². The van der Waals surface area contributed by atoms with E-state index in [1.807, 2.05) is 19.1 Å². The van der Waals surface area contributed by atoms with Gasteiger partial charge in [-0.3, -0.25) is 4.79 Å². The number of rotatable bonds is 4. The summed E-state index contributed by atoms with van der Waals surface area (Å²) in [6.07, 6.45) is 0. The molecule has 0 aliphatic heterocycles. The largest absolute Gasteiger partial charge is 0.378 e. The van der Waals surface area contributed by atoms with E-state index in [1.54, 1.807) is 6.07 Å². The Balaban J connectivity index is 2.29. The Bertz CT molecular complexity index is 657. The van der Waals surface area contributed by atoms with Gasteiger partial charge in [0.2, 0.25) is 5.91 Å². The molecule has 3 N–H and O–H groups in total. The number of anilines is 1. The molecule has 2 aromatic carbocycles. The molecular weight excluding hydrogens is 260 g/mol. The Labute approximate surface area is 126 Å². The van der Waals surface area contributed by atoms with Crippen LogP contribution in [-0.4, -0.2) is 5.91 Å². The van der Waals surface area contributed by atoms with Crippen LogP contribution in [0.1, 0.15) is 45.6 Å². The number of nitrogens with two attached hydrogens (primary N) is 1. The van der Waals surface area contributed by atoms with Crippen molar-refractivity contribution in [3.63, 3.8) is 0 Å². The van der Waals surface area contributed by atoms with Crippen LogP contribution in [0.5, 0.6) is 0 Å². The highest BCUT2D eigenvalue weighted by Gasteiger charge is 2.11. The van der Waals surface area contributed by atoms with E-state index in [0.717, 1.165) is 11.3 Å². The molecule has 0 aliphatic rings. The molecular formula is C18H22N2O. The molecule has 0 saturated heterocycles. The maximum absolute atomic E-state index is 11.4. The molecule has 0 saturated carbocycles. The van der Waals surface area contributed by atoms with Crippen molar-refractivity contribution >= 4 is 11.6 Å². The Kier molecular flexibility index (Phi) is 4.32. The van der Waals surface area contributed by atoms with Crippen LogP contribution in [0, 0.1) is 20.8 Å². The van der Waals surface area contributed by atoms with Crippen molar-refractivity contribution < 1.29 is 4.79 Å². The van der Waals surface area contributed by atoms with E-state index in [2.05, 4.69) is 44.3 Å². The van der Waals surface area contributed by atoms with Gasteiger partial charge in [-0.2, -0.15) is 0 Å². The van der Waals surface area contributed by atoms with Gasteiger partial charge < -0.3 is 11.1 Å². The molecule has 0 fully saturated rings. The minimum atomic E-state index is -0.393. The van der Waals surface area contributed by atoms with Gasteiger partial charge in [0.05, 0.1) is 0 Å². The lowest BCUT2D eigenvalue weighted by Crippen LogP contribution is -2.15. The van der Waals surface area contributed by atoms with Gasteiger partial charge in [-0.05, 0) is 51.0 Å². The molecule has 2 rings (SSSR count). The molecule has 0 radical (unpaired) electrons. The molecule has 1 amide bonds. The first kappa shape index (κ1) is 15.1. The van der Waals surface area contributed by atoms with Crippen molar-refractivity contribution in [1.82, 2.24) is 0 Å². The fraction of sp³-hybridized carbons (Fsp3) is 0.278. The first-order valence-electron chi connectivity index (χ1n) is 7.12. The van der Waals surface area contributed by atoms with Crippen LogP contribution >= 0.6 is 0 Å². The lowest BCUT2D eigenvalue weighted by Gasteiger charge is -2.19. The number of carbonyl (C=O) groups is 1. The van der Waals surface area contributed by atoms with Crippen molar-refractivity contribution in [2.24, 2.45) is 5.73 Å². The number of nitrogens with one attached hydrogen (secondary N) is 1. The van der Waals surface area contributed by atoms with Gasteiger partial charge in [0.25, 0.3) is 0 Å². The summed E-state index contributed by atoms with van der Waals surface area (Å²) in [7, 11) is 0. The number of aryl methyl sites for hydroxylation is 2. The average Bonchev–Trinajstić information content (AvgIpc) is 2.39. The molecule has 3 nitrogen and oxygen atoms in total. The van der Waals surface area contributed by atoms with Crippen molar-refractivity contribution in [3.05, 3.63) is 64.2 Å². The standard InChI is InChI=1S/C18H22N2O/c1-11-8-12(2)10-15(9-11)14(4)20-17-7-5-6-16(13(17)3)18(19)21/h5-10,14,20H,1-4H3,(H2,19,21). The van der Waals surface area contributed by atoms with Gasteiger partial charge in [-0.15, -0.1) is 0 Å². The van der Waals surface area contributed by atoms with E-state index in [0.29, 0.717) is 5.56 Å². The van der Waals surface area contributed by atoms with E-state index < -0.39 is 5.91 Å². The highest BCUT2D eigenvalue weighted by molar-refractivity contribution is 5.95. The Morgan fingerprint density at radius 1 is 1.10 bits per heavy atom. The zero-order valence-corrected chi connectivity index (χ0v) is 13.0. The third-order valence-corrected chi connectivity index (χ3v) is 3.72. The molecule has 0 aliphatic carbocycles. The molecule has 0 aromatic heterocycles. The summed E-state index contributed by atoms with van der Waals surface area (Å²) in [6, 6.07) is 12.3. The summed E-state index contributed by atoms with van der Waals surface area (Å²) in [5.41, 5.74) is 11.5. The minimum Gasteiger partial charge on any atom is -0.378 e. The summed E-state index contributed by atoms with van der Waals surface area (Å²) in [5, 5.41) is 3.47. The first-order valence-corrected chi connectivity index (χ1v) is 7.12. The Morgan fingerprint density at radius 3 is 2.29 bits per heavy atom. The van der Waals surface area contributed by atoms with Crippen LogP contribution in [-0.2, 0) is 0 Å². The molecule has 1 unspecified atom stereocenters. The first-order chi connectivity index (χ1) is 9.88. The second-order valence-electron chi connectivity index (χ2n) is 5.63. The third-order valence-electron chi connectivity index (χ3n) is 3.72. The third kappa shape index (κ3) is 3.43. The van der Waals surface area contributed by atoms with Crippen molar-refractivity contribution in [3.8, 4) is 0 Å². The highest BCUT2D eigenvalue weighted by atomic mass is 16.1. The van der Waals surface area contributed by atoms with E-state index in [1.165, 1.54) is 16.7 Å². The molecule has 110 valence electrons. The molecule has 1 atom stereocenters. The number of hydrogen-bond donors (Lipinski definition) is 2. The summed E-state index contributed by atoms with van der Waals surface area (Å²) < 4.78 is 0. The van der Waals surface area contributed by atoms with Crippen molar-refractivity contribution in [2.45, 2.75) is 33.7 Å². The van der Waals surface area contributed by atoms with Gasteiger partial charge in [0.1, 0.15) is 0 Å². The Morgan fingerprint density at radius 2 is 1.71 bits per heavy atom. The molecule has 2 aromatic rings. The predicted molar refractivity (Wildman–Crippen MR) is 87.7 cm³/mol. The molecule has 0 spiro atoms. The number of primary amides is 1. The van der Waals surface area contributed by atoms with Crippen LogP contribution in [0.3, 0.4) is 0 Å². The number of amides is 1. The average molecular weight is 282 g/mol. The molecule has 0 bridgehead atoms. The van der Waals surface area contributed by atoms with Crippen molar-refractivity contribution in [1.29, 1.82) is 0 Å². The van der Waals surface area contributed by atoms with Crippen LogP contribution in [0.25, 0.3) is 0 Å². The van der Waals surface area contributed by atoms with Crippen LogP contribution in [0.15, 0.2) is 36.4 Å². The van der Waals surface area contributed by atoms with Gasteiger partial charge in [0.15, 0.2) is 0 Å². The summed E-state index contributed by atoms with van der Waals surface area (Å²) in [5.74, 6) is -0.393. The monoisotopic (exact) mass is 282 g/mol. The van der Waals surface area contributed by atoms with Gasteiger partial charge >= 0.3 is 0 Å². The van der Waals surface area contributed by atoms with E-state index in [4.69, 9.17) is 5.73 Å². The molecule has 0 heterocycles. The van der Waals surface area contributed by atoms with Crippen LogP contribution in [0.4, 0.5) is 5.69 Å². The quantitative estimate of drug-likeness (QED) is 0.894. The molecule has 3 heteroatoms. The maximum Gasteiger partial charge on any atom is 0.249 e. The maximum atomic E-state index is 11.4. The Hall–Kier alpha value is -2.29. The topological polar surface area (TPSA) is 55.1 Å². The fourth-order valence-electron chi connectivity index (χ4n) is 2.64. The molecule has 21 heavy (non-hydrogen) atoms. The van der Waals surface area contributed by atoms with Gasteiger partial charge in [0, 0.05) is 17.3 Å². The number of carbonyl (C=O) groups excluding carboxylic acids is 1. The van der Waals surface area contributed by atoms with E-state index in [-0.39, 0.29) is 6.04 Å². The SMILES string of the molecule is Cc1cc(C)cc(C(C)Nc2cccc(C(N)=O)c2C)c1. The van der Waals surface area contributed by atoms with Crippen molar-refractivity contribution in [2.75, 3.05) is 5.32 Å². The van der Waals surface area contributed by atoms with Gasteiger partial charge in [-0.25, -0.2) is 0 Å². The summed E-state index contributed by atoms with van der Waals surface area (Å²) in [6.45, 7) is 8.23. The van der Waals surface area contributed by atoms with E-state index >= 15 is 0 Å².